The van der Waals surface area contributed by atoms with Gasteiger partial charge in [0.2, 0.25) is 0 Å². The molecule has 0 saturated carbocycles. The molecule has 4 aromatic rings. The minimum absolute atomic E-state index is 0.115. The number of rotatable bonds is 6. The smallest absolute Gasteiger partial charge is 0.494 e. The quantitative estimate of drug-likeness (QED) is 0.404. The number of aromatic nitrogens is 2. The molecule has 0 saturated heterocycles. The lowest BCUT2D eigenvalue weighted by Gasteiger charge is -2.10. The fourth-order valence-electron chi connectivity index (χ4n) is 3.89. The van der Waals surface area contributed by atoms with Crippen molar-refractivity contribution in [3.8, 4) is 22.8 Å². The van der Waals surface area contributed by atoms with Crippen LogP contribution in [0.4, 0.5) is 13.2 Å². The second kappa shape index (κ2) is 8.78. The molecule has 0 spiro atoms. The predicted octanol–water partition coefficient (Wildman–Crippen LogP) is 5.73. The number of aromatic hydroxyl groups is 1. The number of hydrogen-bond donors (Lipinski definition) is 1. The average Bonchev–Trinajstić information content (AvgIpc) is 3.04. The Kier molecular flexibility index (Phi) is 6.03. The van der Waals surface area contributed by atoms with E-state index in [1.54, 1.807) is 16.7 Å². The zero-order valence-electron chi connectivity index (χ0n) is 18.5. The second-order valence-corrected chi connectivity index (χ2v) is 8.31. The van der Waals surface area contributed by atoms with Gasteiger partial charge in [0.1, 0.15) is 5.75 Å². The molecular formula is C25H24F3N3O2. The molecule has 2 aromatic carbocycles. The molecule has 172 valence electrons. The topological polar surface area (TPSA) is 50.5 Å². The highest BCUT2D eigenvalue weighted by atomic mass is 19.4. The van der Waals surface area contributed by atoms with E-state index < -0.39 is 6.36 Å². The number of benzene rings is 2. The van der Waals surface area contributed by atoms with E-state index in [-0.39, 0.29) is 11.6 Å². The first-order valence-corrected chi connectivity index (χ1v) is 10.4. The fourth-order valence-corrected chi connectivity index (χ4v) is 3.89. The Bertz CT molecular complexity index is 1260. The first kappa shape index (κ1) is 22.7. The molecule has 2 heterocycles. The van der Waals surface area contributed by atoms with E-state index in [2.05, 4.69) is 14.6 Å². The normalized spacial score (nSPS) is 12.0. The maximum absolute atomic E-state index is 12.4. The van der Waals surface area contributed by atoms with Crippen molar-refractivity contribution in [2.45, 2.75) is 26.4 Å². The zero-order valence-corrected chi connectivity index (χ0v) is 18.5. The largest absolute Gasteiger partial charge is 0.573 e. The number of nitrogens with zero attached hydrogens (tertiary/aromatic N) is 3. The van der Waals surface area contributed by atoms with Gasteiger partial charge in [-0.25, -0.2) is 0 Å². The number of aryl methyl sites for hydroxylation is 1. The summed E-state index contributed by atoms with van der Waals surface area (Å²) in [6.07, 6.45) is -1.04. The summed E-state index contributed by atoms with van der Waals surface area (Å²) >= 11 is 0. The van der Waals surface area contributed by atoms with Crippen LogP contribution in [0.2, 0.25) is 0 Å². The first-order valence-electron chi connectivity index (χ1n) is 10.4. The molecule has 0 aliphatic carbocycles. The predicted molar refractivity (Wildman–Crippen MR) is 121 cm³/mol. The summed E-state index contributed by atoms with van der Waals surface area (Å²) in [6, 6.07) is 13.7. The summed E-state index contributed by atoms with van der Waals surface area (Å²) in [5, 5.41) is 12.4. The van der Waals surface area contributed by atoms with Crippen molar-refractivity contribution >= 4 is 10.8 Å². The maximum atomic E-state index is 12.4. The monoisotopic (exact) mass is 455 g/mol. The van der Waals surface area contributed by atoms with E-state index in [0.29, 0.717) is 6.54 Å². The number of pyridine rings is 1. The molecule has 0 bridgehead atoms. The molecule has 0 atom stereocenters. The minimum Gasteiger partial charge on any atom is -0.494 e. The van der Waals surface area contributed by atoms with Gasteiger partial charge >= 0.3 is 6.36 Å². The Morgan fingerprint density at radius 3 is 2.36 bits per heavy atom. The Balaban J connectivity index is 1.60. The number of alkyl halides is 3. The summed E-state index contributed by atoms with van der Waals surface area (Å²) in [5.41, 5.74) is 4.62. The molecule has 0 unspecified atom stereocenters. The van der Waals surface area contributed by atoms with Crippen molar-refractivity contribution in [3.05, 3.63) is 77.7 Å². The van der Waals surface area contributed by atoms with Gasteiger partial charge in [-0.2, -0.15) is 0 Å². The fraction of sp³-hybridized carbons (Fsp3) is 0.240. The van der Waals surface area contributed by atoms with Crippen LogP contribution in [0.5, 0.6) is 11.6 Å². The third kappa shape index (κ3) is 5.28. The molecule has 0 aliphatic rings. The van der Waals surface area contributed by atoms with Crippen LogP contribution in [0.15, 0.2) is 60.9 Å². The average molecular weight is 455 g/mol. The lowest BCUT2D eigenvalue weighted by molar-refractivity contribution is -0.274. The van der Waals surface area contributed by atoms with Gasteiger partial charge in [-0.3, -0.25) is 4.98 Å². The number of hydrogen-bond acceptors (Lipinski definition) is 4. The Morgan fingerprint density at radius 2 is 1.76 bits per heavy atom. The molecule has 0 radical (unpaired) electrons. The van der Waals surface area contributed by atoms with Crippen molar-refractivity contribution in [2.75, 3.05) is 14.1 Å². The first-order chi connectivity index (χ1) is 15.6. The molecule has 0 fully saturated rings. The van der Waals surface area contributed by atoms with Crippen LogP contribution in [-0.2, 0) is 13.1 Å². The number of ether oxygens (including phenoxy) is 1. The van der Waals surface area contributed by atoms with Gasteiger partial charge in [0.05, 0.1) is 12.2 Å². The number of fused-ring (bicyclic) bond motifs is 1. The van der Waals surface area contributed by atoms with Gasteiger partial charge in [-0.1, -0.05) is 24.3 Å². The standard InChI is InChI=1S/C25H24F3N3O2/c1-16-10-19(18-6-7-21(29-12-18)15-30(2)3)11-20-14-31(24(32)23(16)20)13-17-4-8-22(9-5-17)33-25(26,27)28/h4-12,14,32H,13,15H2,1-3H3. The molecule has 33 heavy (non-hydrogen) atoms. The lowest BCUT2D eigenvalue weighted by atomic mass is 10.0. The van der Waals surface area contributed by atoms with Crippen molar-refractivity contribution in [1.29, 1.82) is 0 Å². The Morgan fingerprint density at radius 1 is 1.03 bits per heavy atom. The van der Waals surface area contributed by atoms with Crippen LogP contribution in [0, 0.1) is 6.92 Å². The van der Waals surface area contributed by atoms with Crippen molar-refractivity contribution in [1.82, 2.24) is 14.5 Å². The summed E-state index contributed by atoms with van der Waals surface area (Å²) < 4.78 is 42.7. The Labute approximate surface area is 189 Å². The van der Waals surface area contributed by atoms with Crippen molar-refractivity contribution in [3.63, 3.8) is 0 Å². The van der Waals surface area contributed by atoms with Crippen LogP contribution in [-0.4, -0.2) is 40.0 Å². The van der Waals surface area contributed by atoms with Gasteiger partial charge < -0.3 is 19.3 Å². The molecule has 8 heteroatoms. The maximum Gasteiger partial charge on any atom is 0.573 e. The summed E-state index contributed by atoms with van der Waals surface area (Å²) in [5.74, 6) is -0.164. The zero-order chi connectivity index (χ0) is 23.8. The summed E-state index contributed by atoms with van der Waals surface area (Å²) in [4.78, 5) is 6.59. The van der Waals surface area contributed by atoms with Crippen LogP contribution in [0.3, 0.4) is 0 Å². The van der Waals surface area contributed by atoms with Crippen LogP contribution in [0.25, 0.3) is 21.9 Å². The Hall–Kier alpha value is -3.52. The minimum atomic E-state index is -4.73. The van der Waals surface area contributed by atoms with Crippen LogP contribution >= 0.6 is 0 Å². The van der Waals surface area contributed by atoms with Gasteiger partial charge in [-0.05, 0) is 62.0 Å². The highest BCUT2D eigenvalue weighted by molar-refractivity contribution is 5.94. The molecule has 2 aromatic heterocycles. The van der Waals surface area contributed by atoms with Gasteiger partial charge in [-0.15, -0.1) is 13.2 Å². The third-order valence-electron chi connectivity index (χ3n) is 5.30. The van der Waals surface area contributed by atoms with E-state index in [1.165, 1.54) is 12.1 Å². The molecule has 1 N–H and O–H groups in total. The van der Waals surface area contributed by atoms with Gasteiger partial charge in [0.15, 0.2) is 5.88 Å². The molecular weight excluding hydrogens is 431 g/mol. The summed E-state index contributed by atoms with van der Waals surface area (Å²) in [6.45, 7) is 3.01. The van der Waals surface area contributed by atoms with Crippen molar-refractivity contribution < 1.29 is 23.0 Å². The molecule has 0 aliphatic heterocycles. The highest BCUT2D eigenvalue weighted by Crippen LogP contribution is 2.35. The molecule has 5 nitrogen and oxygen atoms in total. The second-order valence-electron chi connectivity index (χ2n) is 8.31. The van der Waals surface area contributed by atoms with Crippen LogP contribution in [0.1, 0.15) is 16.8 Å². The van der Waals surface area contributed by atoms with E-state index >= 15 is 0 Å². The van der Waals surface area contributed by atoms with Gasteiger partial charge in [0, 0.05) is 35.3 Å². The molecule has 4 rings (SSSR count). The third-order valence-corrected chi connectivity index (χ3v) is 5.30. The van der Waals surface area contributed by atoms with E-state index in [1.807, 2.05) is 57.7 Å². The summed E-state index contributed by atoms with van der Waals surface area (Å²) in [7, 11) is 3.99. The lowest BCUT2D eigenvalue weighted by Crippen LogP contribution is -2.17. The van der Waals surface area contributed by atoms with E-state index in [9.17, 15) is 18.3 Å². The molecule has 0 amide bonds. The van der Waals surface area contributed by atoms with E-state index in [0.717, 1.165) is 45.3 Å². The SMILES string of the molecule is Cc1cc(-c2ccc(CN(C)C)nc2)cc2cn(Cc3ccc(OC(F)(F)F)cc3)c(O)c12. The highest BCUT2D eigenvalue weighted by Gasteiger charge is 2.31. The van der Waals surface area contributed by atoms with E-state index in [4.69, 9.17) is 0 Å². The van der Waals surface area contributed by atoms with Crippen molar-refractivity contribution in [2.24, 2.45) is 0 Å². The van der Waals surface area contributed by atoms with Gasteiger partial charge in [0.25, 0.3) is 0 Å². The van der Waals surface area contributed by atoms with Crippen LogP contribution < -0.4 is 4.74 Å². The number of halogens is 3.